The summed E-state index contributed by atoms with van der Waals surface area (Å²) in [6.07, 6.45) is 6.72. The lowest BCUT2D eigenvalue weighted by Crippen LogP contribution is -2.39. The molecule has 0 radical (unpaired) electrons. The summed E-state index contributed by atoms with van der Waals surface area (Å²) < 4.78 is 0. The molecule has 1 saturated carbocycles. The average molecular weight is 348 g/mol. The maximum Gasteiger partial charge on any atom is 0.178 e. The molecule has 4 nitrogen and oxygen atoms in total. The van der Waals surface area contributed by atoms with Crippen molar-refractivity contribution in [3.8, 4) is 0 Å². The predicted molar refractivity (Wildman–Crippen MR) is 99.0 cm³/mol. The summed E-state index contributed by atoms with van der Waals surface area (Å²) in [4.78, 5) is 35.4. The number of carbonyl (C=O) groups is 3. The Bertz CT molecular complexity index is 570. The molecular weight excluding hydrogens is 316 g/mol. The van der Waals surface area contributed by atoms with E-state index in [1.807, 2.05) is 34.6 Å². The maximum atomic E-state index is 12.3. The van der Waals surface area contributed by atoms with Gasteiger partial charge in [0, 0.05) is 5.92 Å². The topological polar surface area (TPSA) is 71.4 Å². The van der Waals surface area contributed by atoms with Crippen molar-refractivity contribution in [2.75, 3.05) is 0 Å². The molecule has 0 heterocycles. The lowest BCUT2D eigenvalue weighted by molar-refractivity contribution is -0.129. The van der Waals surface area contributed by atoms with Crippen LogP contribution in [0, 0.1) is 29.6 Å². The molecule has 0 spiro atoms. The Labute approximate surface area is 151 Å². The third kappa shape index (κ3) is 5.21. The van der Waals surface area contributed by atoms with Crippen molar-refractivity contribution in [3.05, 3.63) is 23.8 Å². The lowest BCUT2D eigenvalue weighted by Gasteiger charge is -2.34. The highest BCUT2D eigenvalue weighted by Gasteiger charge is 2.48. The van der Waals surface area contributed by atoms with Gasteiger partial charge in [0.05, 0.1) is 0 Å². The van der Waals surface area contributed by atoms with E-state index in [1.165, 1.54) is 6.08 Å². The molecule has 1 aliphatic rings. The number of carbonyl (C=O) groups excluding carboxylic acids is 3. The Morgan fingerprint density at radius 1 is 1.20 bits per heavy atom. The second-order valence-corrected chi connectivity index (χ2v) is 7.94. The van der Waals surface area contributed by atoms with Gasteiger partial charge in [-0.2, -0.15) is 0 Å². The Morgan fingerprint density at radius 2 is 1.80 bits per heavy atom. The summed E-state index contributed by atoms with van der Waals surface area (Å²) in [5, 5.41) is 10.4. The van der Waals surface area contributed by atoms with E-state index in [-0.39, 0.29) is 41.2 Å². The SMILES string of the molecule is CC(=O)C(C(C)/C=C\C(=O)C=C(C)C)C(C)C1CC[C@](O)(C=O)C1C. The van der Waals surface area contributed by atoms with Crippen molar-refractivity contribution >= 4 is 17.9 Å². The van der Waals surface area contributed by atoms with E-state index in [9.17, 15) is 19.5 Å². The van der Waals surface area contributed by atoms with Crippen molar-refractivity contribution in [1.82, 2.24) is 0 Å². The highest BCUT2D eigenvalue weighted by molar-refractivity contribution is 5.99. The fourth-order valence-electron chi connectivity index (χ4n) is 4.32. The number of aliphatic hydroxyl groups is 1. The van der Waals surface area contributed by atoms with Crippen molar-refractivity contribution in [1.29, 1.82) is 0 Å². The zero-order chi connectivity index (χ0) is 19.4. The normalized spacial score (nSPS) is 29.9. The first kappa shape index (κ1) is 21.5. The molecule has 140 valence electrons. The second-order valence-electron chi connectivity index (χ2n) is 7.94. The minimum absolute atomic E-state index is 0.0275. The fourth-order valence-corrected chi connectivity index (χ4v) is 4.32. The summed E-state index contributed by atoms with van der Waals surface area (Å²) in [6, 6.07) is 0. The minimum atomic E-state index is -1.28. The van der Waals surface area contributed by atoms with E-state index in [0.29, 0.717) is 12.7 Å². The van der Waals surface area contributed by atoms with Crippen LogP contribution < -0.4 is 0 Å². The minimum Gasteiger partial charge on any atom is -0.382 e. The maximum absolute atomic E-state index is 12.3. The molecule has 25 heavy (non-hydrogen) atoms. The van der Waals surface area contributed by atoms with Crippen LogP contribution >= 0.6 is 0 Å². The van der Waals surface area contributed by atoms with Gasteiger partial charge >= 0.3 is 0 Å². The van der Waals surface area contributed by atoms with Crippen LogP contribution in [0.1, 0.15) is 54.4 Å². The molecule has 1 N–H and O–H groups in total. The van der Waals surface area contributed by atoms with Crippen LogP contribution in [0.2, 0.25) is 0 Å². The molecule has 6 atom stereocenters. The van der Waals surface area contributed by atoms with E-state index in [1.54, 1.807) is 19.1 Å². The highest BCUT2D eigenvalue weighted by atomic mass is 16.3. The molecule has 0 aromatic rings. The molecule has 5 unspecified atom stereocenters. The van der Waals surface area contributed by atoms with E-state index < -0.39 is 5.60 Å². The largest absolute Gasteiger partial charge is 0.382 e. The van der Waals surface area contributed by atoms with Gasteiger partial charge in [0.1, 0.15) is 11.4 Å². The summed E-state index contributed by atoms with van der Waals surface area (Å²) >= 11 is 0. The van der Waals surface area contributed by atoms with Crippen LogP contribution in [-0.2, 0) is 14.4 Å². The van der Waals surface area contributed by atoms with Gasteiger partial charge in [-0.05, 0) is 69.4 Å². The molecule has 4 heteroatoms. The van der Waals surface area contributed by atoms with Gasteiger partial charge in [0.25, 0.3) is 0 Å². The molecule has 0 bridgehead atoms. The second kappa shape index (κ2) is 8.70. The van der Waals surface area contributed by atoms with E-state index in [4.69, 9.17) is 0 Å². The third-order valence-corrected chi connectivity index (χ3v) is 5.79. The van der Waals surface area contributed by atoms with E-state index in [2.05, 4.69) is 0 Å². The van der Waals surface area contributed by atoms with Crippen LogP contribution in [0.5, 0.6) is 0 Å². The van der Waals surface area contributed by atoms with Gasteiger partial charge in [-0.15, -0.1) is 0 Å². The van der Waals surface area contributed by atoms with E-state index >= 15 is 0 Å². The molecule has 1 fully saturated rings. The van der Waals surface area contributed by atoms with E-state index in [0.717, 1.165) is 12.0 Å². The van der Waals surface area contributed by atoms with Gasteiger partial charge in [0.15, 0.2) is 12.1 Å². The molecule has 0 aromatic carbocycles. The Morgan fingerprint density at radius 3 is 2.24 bits per heavy atom. The quantitative estimate of drug-likeness (QED) is 0.538. The van der Waals surface area contributed by atoms with Crippen molar-refractivity contribution in [3.63, 3.8) is 0 Å². The summed E-state index contributed by atoms with van der Waals surface area (Å²) in [5.41, 5.74) is -0.342. The summed E-state index contributed by atoms with van der Waals surface area (Å²) in [5.74, 6) is -0.366. The molecule has 0 amide bonds. The number of rotatable bonds is 8. The molecule has 1 aliphatic carbocycles. The zero-order valence-electron chi connectivity index (χ0n) is 16.3. The molecule has 0 aromatic heterocycles. The van der Waals surface area contributed by atoms with Gasteiger partial charge in [-0.25, -0.2) is 0 Å². The highest BCUT2D eigenvalue weighted by Crippen LogP contribution is 2.46. The number of hydrogen-bond donors (Lipinski definition) is 1. The lowest BCUT2D eigenvalue weighted by atomic mass is 9.70. The predicted octanol–water partition coefficient (Wildman–Crippen LogP) is 3.53. The van der Waals surface area contributed by atoms with Crippen molar-refractivity contribution in [2.45, 2.75) is 60.0 Å². The number of aldehydes is 1. The van der Waals surface area contributed by atoms with Crippen LogP contribution in [0.15, 0.2) is 23.8 Å². The molecule has 0 saturated heterocycles. The molecular formula is C21H32O4. The van der Waals surface area contributed by atoms with Gasteiger partial charge in [-0.3, -0.25) is 9.59 Å². The molecule has 1 rings (SSSR count). The van der Waals surface area contributed by atoms with Crippen LogP contribution in [0.4, 0.5) is 0 Å². The molecule has 0 aliphatic heterocycles. The summed E-state index contributed by atoms with van der Waals surface area (Å²) in [7, 11) is 0. The first-order valence-electron chi connectivity index (χ1n) is 9.09. The van der Waals surface area contributed by atoms with Crippen molar-refractivity contribution < 1.29 is 19.5 Å². The Balaban J connectivity index is 2.94. The first-order chi connectivity index (χ1) is 11.5. The Kier molecular flexibility index (Phi) is 7.48. The smallest absolute Gasteiger partial charge is 0.178 e. The van der Waals surface area contributed by atoms with Gasteiger partial charge < -0.3 is 9.90 Å². The fraction of sp³-hybridized carbons (Fsp3) is 0.667. The van der Waals surface area contributed by atoms with Gasteiger partial charge in [-0.1, -0.05) is 32.4 Å². The van der Waals surface area contributed by atoms with Crippen LogP contribution in [-0.4, -0.2) is 28.6 Å². The number of hydrogen-bond acceptors (Lipinski definition) is 4. The number of allylic oxidation sites excluding steroid dienone is 4. The zero-order valence-corrected chi connectivity index (χ0v) is 16.3. The number of ketones is 2. The average Bonchev–Trinajstić information content (AvgIpc) is 2.81. The van der Waals surface area contributed by atoms with Crippen molar-refractivity contribution in [2.24, 2.45) is 29.6 Å². The monoisotopic (exact) mass is 348 g/mol. The summed E-state index contributed by atoms with van der Waals surface area (Å²) in [6.45, 7) is 11.2. The standard InChI is InChI=1S/C21H32O4/c1-13(2)11-18(24)8-7-14(3)20(17(6)23)15(4)19-9-10-21(25,12-22)16(19)5/h7-8,11-12,14-16,19-20,25H,9-10H2,1-6H3/b8-7-/t14?,15?,16?,19?,20?,21-/m0/s1. The van der Waals surface area contributed by atoms with Gasteiger partial charge in [0.2, 0.25) is 0 Å². The Hall–Kier alpha value is -1.55. The third-order valence-electron chi connectivity index (χ3n) is 5.79. The van der Waals surface area contributed by atoms with Crippen LogP contribution in [0.25, 0.3) is 0 Å². The number of Topliss-reactive ketones (excluding diaryl/α,β-unsaturated/α-hetero) is 1. The van der Waals surface area contributed by atoms with Crippen LogP contribution in [0.3, 0.4) is 0 Å². The first-order valence-corrected chi connectivity index (χ1v) is 9.09.